The lowest BCUT2D eigenvalue weighted by molar-refractivity contribution is 0.818. The van der Waals surface area contributed by atoms with E-state index in [0.29, 0.717) is 12.0 Å². The molecule has 3 rings (SSSR count). The first kappa shape index (κ1) is 13.4. The van der Waals surface area contributed by atoms with E-state index in [2.05, 4.69) is 44.0 Å². The maximum absolute atomic E-state index is 4.67. The van der Waals surface area contributed by atoms with Gasteiger partial charge in [0.05, 0.1) is 0 Å². The molecule has 0 aromatic carbocycles. The topological polar surface area (TPSA) is 57.2 Å². The van der Waals surface area contributed by atoms with Crippen molar-refractivity contribution >= 4 is 17.8 Å². The van der Waals surface area contributed by atoms with Crippen molar-refractivity contribution in [3.05, 3.63) is 0 Å². The van der Waals surface area contributed by atoms with Crippen LogP contribution in [0.4, 0.5) is 17.8 Å². The third kappa shape index (κ3) is 2.94. The molecule has 1 aromatic heterocycles. The number of anilines is 3. The quantitative estimate of drug-likeness (QED) is 0.856. The zero-order chi connectivity index (χ0) is 13.9. The van der Waals surface area contributed by atoms with Crippen LogP contribution < -0.4 is 15.1 Å². The van der Waals surface area contributed by atoms with E-state index < -0.39 is 0 Å². The molecular weight excluding hydrogens is 252 g/mol. The SMILES string of the molecule is CCCNc1nc(N2CCCC2)nc(N(C)C2CC2)n1. The molecule has 0 amide bonds. The molecule has 6 nitrogen and oxygen atoms in total. The lowest BCUT2D eigenvalue weighted by atomic mass is 10.4. The highest BCUT2D eigenvalue weighted by molar-refractivity contribution is 5.46. The summed E-state index contributed by atoms with van der Waals surface area (Å²) in [7, 11) is 2.09. The molecule has 2 aliphatic rings. The van der Waals surface area contributed by atoms with Crippen molar-refractivity contribution in [2.24, 2.45) is 0 Å². The van der Waals surface area contributed by atoms with Gasteiger partial charge in [-0.1, -0.05) is 6.92 Å². The van der Waals surface area contributed by atoms with E-state index in [0.717, 1.165) is 38.0 Å². The van der Waals surface area contributed by atoms with E-state index in [1.165, 1.54) is 25.7 Å². The standard InChI is InChI=1S/C14H24N6/c1-3-8-15-12-16-13(19(2)11-6-7-11)18-14(17-12)20-9-4-5-10-20/h11H,3-10H2,1-2H3,(H,15,16,17,18). The first-order valence-corrected chi connectivity index (χ1v) is 7.75. The van der Waals surface area contributed by atoms with Gasteiger partial charge in [-0.2, -0.15) is 15.0 Å². The summed E-state index contributed by atoms with van der Waals surface area (Å²) in [6.45, 7) is 5.16. The Labute approximate surface area is 120 Å². The van der Waals surface area contributed by atoms with Crippen LogP contribution in [-0.2, 0) is 0 Å². The summed E-state index contributed by atoms with van der Waals surface area (Å²) in [5.74, 6) is 2.35. The smallest absolute Gasteiger partial charge is 0.231 e. The predicted octanol–water partition coefficient (Wildman–Crippen LogP) is 1.89. The van der Waals surface area contributed by atoms with Gasteiger partial charge >= 0.3 is 0 Å². The summed E-state index contributed by atoms with van der Waals surface area (Å²) in [5, 5.41) is 3.30. The summed E-state index contributed by atoms with van der Waals surface area (Å²) >= 11 is 0. The molecule has 1 N–H and O–H groups in total. The third-order valence-corrected chi connectivity index (χ3v) is 3.94. The predicted molar refractivity (Wildman–Crippen MR) is 81.5 cm³/mol. The van der Waals surface area contributed by atoms with Crippen molar-refractivity contribution in [2.75, 3.05) is 41.8 Å². The summed E-state index contributed by atoms with van der Waals surface area (Å²) < 4.78 is 0. The molecule has 0 unspecified atom stereocenters. The summed E-state index contributed by atoms with van der Waals surface area (Å²) in [5.41, 5.74) is 0. The van der Waals surface area contributed by atoms with Gasteiger partial charge in [0.1, 0.15) is 0 Å². The number of rotatable bonds is 6. The zero-order valence-corrected chi connectivity index (χ0v) is 12.5. The van der Waals surface area contributed by atoms with Crippen LogP contribution in [0.25, 0.3) is 0 Å². The van der Waals surface area contributed by atoms with Crippen LogP contribution in [-0.4, -0.2) is 47.7 Å². The van der Waals surface area contributed by atoms with Gasteiger partial charge in [0.15, 0.2) is 0 Å². The third-order valence-electron chi connectivity index (χ3n) is 3.94. The van der Waals surface area contributed by atoms with E-state index >= 15 is 0 Å². The Morgan fingerprint density at radius 2 is 1.95 bits per heavy atom. The number of hydrogen-bond acceptors (Lipinski definition) is 6. The van der Waals surface area contributed by atoms with Gasteiger partial charge in [-0.05, 0) is 32.1 Å². The number of nitrogens with zero attached hydrogens (tertiary/aromatic N) is 5. The Morgan fingerprint density at radius 1 is 1.20 bits per heavy atom. The van der Waals surface area contributed by atoms with Crippen molar-refractivity contribution in [1.29, 1.82) is 0 Å². The zero-order valence-electron chi connectivity index (χ0n) is 12.5. The minimum absolute atomic E-state index is 0.614. The Morgan fingerprint density at radius 3 is 2.60 bits per heavy atom. The van der Waals surface area contributed by atoms with E-state index in [4.69, 9.17) is 0 Å². The van der Waals surface area contributed by atoms with Crippen LogP contribution in [0.3, 0.4) is 0 Å². The Balaban J connectivity index is 1.85. The van der Waals surface area contributed by atoms with Crippen LogP contribution in [0.1, 0.15) is 39.0 Å². The van der Waals surface area contributed by atoms with Crippen molar-refractivity contribution in [2.45, 2.75) is 45.1 Å². The maximum Gasteiger partial charge on any atom is 0.231 e. The van der Waals surface area contributed by atoms with Crippen LogP contribution in [0.5, 0.6) is 0 Å². The molecule has 1 saturated heterocycles. The van der Waals surface area contributed by atoms with Crippen LogP contribution in [0.15, 0.2) is 0 Å². The molecule has 0 atom stereocenters. The van der Waals surface area contributed by atoms with Crippen LogP contribution >= 0.6 is 0 Å². The Kier molecular flexibility index (Phi) is 3.89. The molecule has 0 radical (unpaired) electrons. The van der Waals surface area contributed by atoms with Crippen molar-refractivity contribution in [3.8, 4) is 0 Å². The molecule has 1 aliphatic heterocycles. The average molecular weight is 276 g/mol. The van der Waals surface area contributed by atoms with E-state index in [1.54, 1.807) is 0 Å². The number of nitrogens with one attached hydrogen (secondary N) is 1. The van der Waals surface area contributed by atoms with Gasteiger partial charge in [0.2, 0.25) is 17.8 Å². The Bertz CT molecular complexity index is 433. The fourth-order valence-corrected chi connectivity index (χ4v) is 2.51. The highest BCUT2D eigenvalue weighted by Crippen LogP contribution is 2.29. The summed E-state index contributed by atoms with van der Waals surface area (Å²) in [4.78, 5) is 18.3. The molecule has 1 aromatic rings. The molecular formula is C14H24N6. The van der Waals surface area contributed by atoms with Crippen molar-refractivity contribution in [3.63, 3.8) is 0 Å². The average Bonchev–Trinajstić information content (AvgIpc) is 3.18. The highest BCUT2D eigenvalue weighted by Gasteiger charge is 2.29. The maximum atomic E-state index is 4.67. The molecule has 6 heteroatoms. The first-order chi connectivity index (χ1) is 9.78. The molecule has 2 heterocycles. The number of aromatic nitrogens is 3. The summed E-state index contributed by atoms with van der Waals surface area (Å²) in [6, 6.07) is 0.614. The van der Waals surface area contributed by atoms with E-state index in [9.17, 15) is 0 Å². The molecule has 110 valence electrons. The molecule has 20 heavy (non-hydrogen) atoms. The van der Waals surface area contributed by atoms with Gasteiger partial charge in [0.25, 0.3) is 0 Å². The molecule has 0 bridgehead atoms. The normalized spacial score (nSPS) is 18.4. The van der Waals surface area contributed by atoms with Gasteiger partial charge < -0.3 is 15.1 Å². The van der Waals surface area contributed by atoms with Gasteiger partial charge in [-0.3, -0.25) is 0 Å². The highest BCUT2D eigenvalue weighted by atomic mass is 15.4. The largest absolute Gasteiger partial charge is 0.354 e. The molecule has 1 aliphatic carbocycles. The Hall–Kier alpha value is -1.59. The molecule has 2 fully saturated rings. The lowest BCUT2D eigenvalue weighted by Gasteiger charge is -2.21. The fourth-order valence-electron chi connectivity index (χ4n) is 2.51. The van der Waals surface area contributed by atoms with Crippen molar-refractivity contribution in [1.82, 2.24) is 15.0 Å². The number of hydrogen-bond donors (Lipinski definition) is 1. The fraction of sp³-hybridized carbons (Fsp3) is 0.786. The second kappa shape index (κ2) is 5.81. The minimum atomic E-state index is 0.614. The lowest BCUT2D eigenvalue weighted by Crippen LogP contribution is -2.26. The minimum Gasteiger partial charge on any atom is -0.354 e. The summed E-state index contributed by atoms with van der Waals surface area (Å²) in [6.07, 6.45) is 6.03. The molecule has 1 saturated carbocycles. The van der Waals surface area contributed by atoms with Crippen molar-refractivity contribution < 1.29 is 0 Å². The van der Waals surface area contributed by atoms with Gasteiger partial charge in [-0.15, -0.1) is 0 Å². The van der Waals surface area contributed by atoms with Crippen LogP contribution in [0, 0.1) is 0 Å². The first-order valence-electron chi connectivity index (χ1n) is 7.75. The van der Waals surface area contributed by atoms with E-state index in [-0.39, 0.29) is 0 Å². The van der Waals surface area contributed by atoms with Crippen LogP contribution in [0.2, 0.25) is 0 Å². The molecule has 0 spiro atoms. The monoisotopic (exact) mass is 276 g/mol. The second-order valence-corrected chi connectivity index (χ2v) is 5.72. The van der Waals surface area contributed by atoms with E-state index in [1.807, 2.05) is 0 Å². The van der Waals surface area contributed by atoms with Gasteiger partial charge in [0, 0.05) is 32.7 Å². The second-order valence-electron chi connectivity index (χ2n) is 5.72. The van der Waals surface area contributed by atoms with Gasteiger partial charge in [-0.25, -0.2) is 0 Å².